The Morgan fingerprint density at radius 1 is 1.29 bits per heavy atom. The number of guanidine groups is 1. The summed E-state index contributed by atoms with van der Waals surface area (Å²) in [6.45, 7) is 0.627. The number of benzene rings is 1. The highest BCUT2D eigenvalue weighted by atomic mass is 79.9. The maximum atomic E-state index is 14.0. The number of rotatable bonds is 3. The highest BCUT2D eigenvalue weighted by Gasteiger charge is 2.64. The molecule has 1 atom stereocenters. The maximum Gasteiger partial charge on any atom is 0.193 e. The van der Waals surface area contributed by atoms with Crippen LogP contribution in [0.25, 0.3) is 0 Å². The molecule has 0 bridgehead atoms. The molecule has 0 amide bonds. The van der Waals surface area contributed by atoms with Crippen LogP contribution in [0.4, 0.5) is 0 Å². The Balaban J connectivity index is 1.59. The van der Waals surface area contributed by atoms with Crippen molar-refractivity contribution >= 4 is 27.7 Å². The van der Waals surface area contributed by atoms with Crippen LogP contribution in [0.2, 0.25) is 0 Å². The van der Waals surface area contributed by atoms with Crippen LogP contribution in [0.3, 0.4) is 0 Å². The minimum absolute atomic E-state index is 0.110. The van der Waals surface area contributed by atoms with E-state index < -0.39 is 5.54 Å². The zero-order valence-electron chi connectivity index (χ0n) is 17.6. The summed E-state index contributed by atoms with van der Waals surface area (Å²) in [7, 11) is 1.77. The number of carbonyl (C=O) groups is 1. The van der Waals surface area contributed by atoms with Gasteiger partial charge in [-0.2, -0.15) is 0 Å². The summed E-state index contributed by atoms with van der Waals surface area (Å²) in [6, 6.07) is 6.25. The van der Waals surface area contributed by atoms with Crippen molar-refractivity contribution in [3.8, 4) is 0 Å². The summed E-state index contributed by atoms with van der Waals surface area (Å²) >= 11 is 3.60. The molecule has 31 heavy (non-hydrogen) atoms. The first kappa shape index (κ1) is 20.6. The standard InChI is InChI=1S/C23H26BrN5O2/c1-31-18-4-6-22(7-5-18)11-15-2-3-16(24)10-19(15)23(22)20(30)14-29(21(25)28-23)13-17-12-26-8-9-27-17/h2-3,8-10,12,18H,4-7,11,13-14H2,1H3,(H2,25,28)/t18?,22?,23-/m0/s1. The lowest BCUT2D eigenvalue weighted by Crippen LogP contribution is -2.59. The van der Waals surface area contributed by atoms with Crippen LogP contribution in [0.1, 0.15) is 42.5 Å². The topological polar surface area (TPSA) is 93.7 Å². The Hall–Kier alpha value is -2.32. The SMILES string of the molecule is COC1CCC2(CC1)Cc1ccc(Br)cc1[C@@]21N=C(N)N(Cc2cnccn2)CC1=O. The predicted octanol–water partition coefficient (Wildman–Crippen LogP) is 2.97. The van der Waals surface area contributed by atoms with Crippen molar-refractivity contribution in [1.82, 2.24) is 14.9 Å². The van der Waals surface area contributed by atoms with Gasteiger partial charge < -0.3 is 15.4 Å². The van der Waals surface area contributed by atoms with Crippen molar-refractivity contribution in [2.24, 2.45) is 16.1 Å². The molecule has 7 nitrogen and oxygen atoms in total. The smallest absolute Gasteiger partial charge is 0.193 e. The van der Waals surface area contributed by atoms with Gasteiger partial charge in [0.25, 0.3) is 0 Å². The van der Waals surface area contributed by atoms with Gasteiger partial charge in [-0.05, 0) is 55.4 Å². The summed E-state index contributed by atoms with van der Waals surface area (Å²) in [5.41, 5.74) is 8.29. The van der Waals surface area contributed by atoms with Gasteiger partial charge >= 0.3 is 0 Å². The second kappa shape index (κ2) is 7.67. The van der Waals surface area contributed by atoms with Crippen molar-refractivity contribution < 1.29 is 9.53 Å². The fraction of sp³-hybridized carbons (Fsp3) is 0.478. The van der Waals surface area contributed by atoms with E-state index in [2.05, 4.69) is 38.0 Å². The molecular weight excluding hydrogens is 458 g/mol. The zero-order valence-corrected chi connectivity index (χ0v) is 19.1. The Morgan fingerprint density at radius 3 is 2.81 bits per heavy atom. The molecule has 162 valence electrons. The van der Waals surface area contributed by atoms with Gasteiger partial charge in [-0.25, -0.2) is 4.99 Å². The first-order valence-corrected chi connectivity index (χ1v) is 11.5. The minimum atomic E-state index is -0.937. The van der Waals surface area contributed by atoms with Gasteiger partial charge in [0.2, 0.25) is 0 Å². The lowest BCUT2D eigenvalue weighted by Gasteiger charge is -2.49. The van der Waals surface area contributed by atoms with Crippen molar-refractivity contribution in [2.75, 3.05) is 13.7 Å². The number of aromatic nitrogens is 2. The van der Waals surface area contributed by atoms with Crippen molar-refractivity contribution in [3.05, 3.63) is 58.1 Å². The monoisotopic (exact) mass is 483 g/mol. The quantitative estimate of drug-likeness (QED) is 0.720. The number of hydrogen-bond acceptors (Lipinski definition) is 7. The largest absolute Gasteiger partial charge is 0.381 e. The van der Waals surface area contributed by atoms with E-state index in [1.54, 1.807) is 25.7 Å². The van der Waals surface area contributed by atoms with Gasteiger partial charge in [0.05, 0.1) is 31.1 Å². The number of nitrogens with two attached hydrogens (primary N) is 1. The molecule has 1 aromatic carbocycles. The number of aliphatic imine (C=N–C) groups is 1. The fourth-order valence-corrected chi connectivity index (χ4v) is 6.14. The molecule has 2 N–H and O–H groups in total. The van der Waals surface area contributed by atoms with Gasteiger partial charge in [-0.15, -0.1) is 0 Å². The first-order valence-electron chi connectivity index (χ1n) is 10.7. The molecule has 1 fully saturated rings. The molecular formula is C23H26BrN5O2. The molecule has 0 radical (unpaired) electrons. The Bertz CT molecular complexity index is 1040. The molecule has 8 heteroatoms. The van der Waals surface area contributed by atoms with Crippen molar-refractivity contribution in [1.29, 1.82) is 0 Å². The predicted molar refractivity (Wildman–Crippen MR) is 120 cm³/mol. The number of ether oxygens (including phenoxy) is 1. The molecule has 1 aliphatic heterocycles. The van der Waals surface area contributed by atoms with E-state index in [0.29, 0.717) is 12.5 Å². The van der Waals surface area contributed by atoms with Crippen molar-refractivity contribution in [3.63, 3.8) is 0 Å². The van der Waals surface area contributed by atoms with Gasteiger partial charge in [0.1, 0.15) is 0 Å². The number of fused-ring (bicyclic) bond motifs is 3. The molecule has 2 aromatic rings. The van der Waals surface area contributed by atoms with Crippen LogP contribution in [0, 0.1) is 5.41 Å². The summed E-state index contributed by atoms with van der Waals surface area (Å²) in [6.07, 6.45) is 9.70. The average molecular weight is 484 g/mol. The number of methoxy groups -OCH3 is 1. The van der Waals surface area contributed by atoms with Crippen LogP contribution in [0.5, 0.6) is 0 Å². The van der Waals surface area contributed by atoms with Crippen molar-refractivity contribution in [2.45, 2.75) is 50.3 Å². The molecule has 0 saturated heterocycles. The molecule has 5 rings (SSSR count). The van der Waals surface area contributed by atoms with E-state index in [1.807, 2.05) is 11.0 Å². The molecule has 2 heterocycles. The van der Waals surface area contributed by atoms with E-state index >= 15 is 0 Å². The molecule has 0 unspecified atom stereocenters. The number of ketones is 1. The van der Waals surface area contributed by atoms with Crippen LogP contribution in [-0.4, -0.2) is 46.4 Å². The minimum Gasteiger partial charge on any atom is -0.381 e. The maximum absolute atomic E-state index is 14.0. The summed E-state index contributed by atoms with van der Waals surface area (Å²) < 4.78 is 6.58. The molecule has 3 aliphatic rings. The van der Waals surface area contributed by atoms with E-state index in [0.717, 1.165) is 47.8 Å². The molecule has 2 aliphatic carbocycles. The molecule has 1 aromatic heterocycles. The first-order chi connectivity index (χ1) is 15.0. The van der Waals surface area contributed by atoms with Crippen LogP contribution in [0.15, 0.2) is 46.3 Å². The van der Waals surface area contributed by atoms with Gasteiger partial charge in [-0.3, -0.25) is 14.8 Å². The number of halogens is 1. The third kappa shape index (κ3) is 3.19. The van der Waals surface area contributed by atoms with E-state index in [1.165, 1.54) is 5.56 Å². The van der Waals surface area contributed by atoms with E-state index in [-0.39, 0.29) is 23.8 Å². The number of carbonyl (C=O) groups excluding carboxylic acids is 1. The second-order valence-electron chi connectivity index (χ2n) is 8.85. The van der Waals surface area contributed by atoms with Crippen LogP contribution < -0.4 is 5.73 Å². The molecule has 2 spiro atoms. The van der Waals surface area contributed by atoms with Crippen LogP contribution in [-0.2, 0) is 28.0 Å². The Morgan fingerprint density at radius 2 is 2.10 bits per heavy atom. The number of nitrogens with zero attached hydrogens (tertiary/aromatic N) is 4. The fourth-order valence-electron chi connectivity index (χ4n) is 5.78. The van der Waals surface area contributed by atoms with Gasteiger partial charge in [0, 0.05) is 29.4 Å². The summed E-state index contributed by atoms with van der Waals surface area (Å²) in [5.74, 6) is 0.504. The second-order valence-corrected chi connectivity index (χ2v) is 9.77. The van der Waals surface area contributed by atoms with Gasteiger partial charge in [-0.1, -0.05) is 22.0 Å². The Labute approximate surface area is 190 Å². The highest BCUT2D eigenvalue weighted by Crippen LogP contribution is 2.61. The summed E-state index contributed by atoms with van der Waals surface area (Å²) in [4.78, 5) is 29.3. The lowest BCUT2D eigenvalue weighted by atomic mass is 9.59. The number of hydrogen-bond donors (Lipinski definition) is 1. The molecule has 1 saturated carbocycles. The number of Topliss-reactive ketones (excluding diaryl/α,β-unsaturated/α-hetero) is 1. The normalized spacial score (nSPS) is 30.0. The van der Waals surface area contributed by atoms with E-state index in [9.17, 15) is 4.79 Å². The average Bonchev–Trinajstić information content (AvgIpc) is 3.03. The van der Waals surface area contributed by atoms with Crippen LogP contribution >= 0.6 is 15.9 Å². The third-order valence-electron chi connectivity index (χ3n) is 7.29. The Kier molecular flexibility index (Phi) is 5.09. The third-order valence-corrected chi connectivity index (χ3v) is 7.79. The lowest BCUT2D eigenvalue weighted by molar-refractivity contribution is -0.133. The highest BCUT2D eigenvalue weighted by molar-refractivity contribution is 9.10. The summed E-state index contributed by atoms with van der Waals surface area (Å²) in [5, 5.41) is 0. The zero-order chi connectivity index (χ0) is 21.6. The van der Waals surface area contributed by atoms with E-state index in [4.69, 9.17) is 15.5 Å². The van der Waals surface area contributed by atoms with Gasteiger partial charge in [0.15, 0.2) is 17.3 Å².